The summed E-state index contributed by atoms with van der Waals surface area (Å²) in [5.41, 5.74) is 0.744. The molecule has 0 amide bonds. The highest BCUT2D eigenvalue weighted by atomic mass is 16.3. The van der Waals surface area contributed by atoms with Gasteiger partial charge >= 0.3 is 0 Å². The number of aromatic nitrogens is 1. The molecule has 1 aliphatic rings. The predicted octanol–water partition coefficient (Wildman–Crippen LogP) is 1.47. The third-order valence-electron chi connectivity index (χ3n) is 3.46. The molecule has 2 heterocycles. The first-order valence-electron chi connectivity index (χ1n) is 6.17. The van der Waals surface area contributed by atoms with E-state index in [2.05, 4.69) is 21.3 Å². The van der Waals surface area contributed by atoms with E-state index in [0.29, 0.717) is 0 Å². The molecule has 4 heteroatoms. The quantitative estimate of drug-likeness (QED) is 0.833. The number of piperidine rings is 1. The predicted molar refractivity (Wildman–Crippen MR) is 68.9 cm³/mol. The second-order valence-corrected chi connectivity index (χ2v) is 5.03. The Hall–Kier alpha value is -1.13. The summed E-state index contributed by atoms with van der Waals surface area (Å²) in [6.07, 6.45) is 3.50. The van der Waals surface area contributed by atoms with Crippen molar-refractivity contribution in [3.8, 4) is 0 Å². The Morgan fingerprint density at radius 1 is 1.47 bits per heavy atom. The number of rotatable bonds is 3. The Bertz CT molecular complexity index is 369. The molecular formula is C13H21N3O. The van der Waals surface area contributed by atoms with Gasteiger partial charge in [0.25, 0.3) is 0 Å². The number of hydrogen-bond acceptors (Lipinski definition) is 4. The lowest BCUT2D eigenvalue weighted by molar-refractivity contribution is -0.00726. The number of nitrogens with one attached hydrogen (secondary N) is 1. The minimum Gasteiger partial charge on any atom is -0.390 e. The van der Waals surface area contributed by atoms with E-state index in [1.807, 2.05) is 20.0 Å². The smallest absolute Gasteiger partial charge is 0.130 e. The van der Waals surface area contributed by atoms with Crippen molar-refractivity contribution in [2.45, 2.75) is 31.9 Å². The van der Waals surface area contributed by atoms with Gasteiger partial charge in [0.05, 0.1) is 5.60 Å². The van der Waals surface area contributed by atoms with Gasteiger partial charge in [0.1, 0.15) is 5.82 Å². The highest BCUT2D eigenvalue weighted by Crippen LogP contribution is 2.23. The van der Waals surface area contributed by atoms with Crippen LogP contribution in [-0.4, -0.2) is 40.7 Å². The van der Waals surface area contributed by atoms with Crippen LogP contribution in [0.15, 0.2) is 18.3 Å². The van der Waals surface area contributed by atoms with Gasteiger partial charge in [-0.15, -0.1) is 0 Å². The van der Waals surface area contributed by atoms with Crippen molar-refractivity contribution in [1.82, 2.24) is 9.88 Å². The van der Waals surface area contributed by atoms with Gasteiger partial charge in [0, 0.05) is 38.4 Å². The molecule has 2 rings (SSSR count). The molecule has 0 atom stereocenters. The molecule has 1 saturated heterocycles. The van der Waals surface area contributed by atoms with Gasteiger partial charge in [0.2, 0.25) is 0 Å². The Labute approximate surface area is 103 Å². The largest absolute Gasteiger partial charge is 0.390 e. The summed E-state index contributed by atoms with van der Waals surface area (Å²) in [4.78, 5) is 6.67. The zero-order valence-corrected chi connectivity index (χ0v) is 10.6. The van der Waals surface area contributed by atoms with Crippen molar-refractivity contribution in [2.75, 3.05) is 25.5 Å². The Balaban J connectivity index is 1.98. The summed E-state index contributed by atoms with van der Waals surface area (Å²) in [6, 6.07) is 4.07. The van der Waals surface area contributed by atoms with E-state index < -0.39 is 5.60 Å². The van der Waals surface area contributed by atoms with E-state index in [-0.39, 0.29) is 0 Å². The average Bonchev–Trinajstić information content (AvgIpc) is 2.32. The summed E-state index contributed by atoms with van der Waals surface area (Å²) < 4.78 is 0. The number of likely N-dealkylation sites (tertiary alicyclic amines) is 1. The van der Waals surface area contributed by atoms with Crippen molar-refractivity contribution in [3.05, 3.63) is 23.9 Å². The fourth-order valence-corrected chi connectivity index (χ4v) is 2.23. The minimum atomic E-state index is -0.475. The van der Waals surface area contributed by atoms with Gasteiger partial charge in [-0.25, -0.2) is 4.98 Å². The second kappa shape index (κ2) is 5.02. The van der Waals surface area contributed by atoms with Gasteiger partial charge in [-0.05, 0) is 25.8 Å². The van der Waals surface area contributed by atoms with E-state index >= 15 is 0 Å². The van der Waals surface area contributed by atoms with Crippen LogP contribution in [0.1, 0.15) is 25.3 Å². The number of nitrogens with zero attached hydrogens (tertiary/aromatic N) is 2. The number of hydrogen-bond donors (Lipinski definition) is 2. The molecule has 94 valence electrons. The summed E-state index contributed by atoms with van der Waals surface area (Å²) in [5.74, 6) is 0.949. The van der Waals surface area contributed by atoms with Crippen LogP contribution < -0.4 is 5.32 Å². The van der Waals surface area contributed by atoms with E-state index in [4.69, 9.17) is 0 Å². The van der Waals surface area contributed by atoms with Crippen molar-refractivity contribution in [3.63, 3.8) is 0 Å². The molecule has 2 N–H and O–H groups in total. The molecule has 0 radical (unpaired) electrons. The molecule has 0 bridgehead atoms. The molecule has 0 saturated carbocycles. The topological polar surface area (TPSA) is 48.4 Å². The molecule has 4 nitrogen and oxygen atoms in total. The lowest BCUT2D eigenvalue weighted by atomic mass is 9.93. The molecule has 0 spiro atoms. The summed E-state index contributed by atoms with van der Waals surface area (Å²) in [6.45, 7) is 4.73. The molecule has 1 fully saturated rings. The Morgan fingerprint density at radius 3 is 2.82 bits per heavy atom. The number of aliphatic hydroxyl groups is 1. The van der Waals surface area contributed by atoms with Crippen molar-refractivity contribution in [2.24, 2.45) is 0 Å². The Kier molecular flexibility index (Phi) is 3.64. The second-order valence-electron chi connectivity index (χ2n) is 5.03. The monoisotopic (exact) mass is 235 g/mol. The third-order valence-corrected chi connectivity index (χ3v) is 3.46. The van der Waals surface area contributed by atoms with Crippen LogP contribution in [0.2, 0.25) is 0 Å². The first-order chi connectivity index (χ1) is 8.11. The third kappa shape index (κ3) is 3.17. The zero-order chi connectivity index (χ0) is 12.3. The van der Waals surface area contributed by atoms with Gasteiger partial charge in [-0.3, -0.25) is 4.90 Å². The molecular weight excluding hydrogens is 214 g/mol. The summed E-state index contributed by atoms with van der Waals surface area (Å²) >= 11 is 0. The highest BCUT2D eigenvalue weighted by molar-refractivity contribution is 5.42. The van der Waals surface area contributed by atoms with Crippen LogP contribution in [0.25, 0.3) is 0 Å². The van der Waals surface area contributed by atoms with Crippen LogP contribution in [0.3, 0.4) is 0 Å². The van der Waals surface area contributed by atoms with E-state index in [1.165, 1.54) is 5.56 Å². The zero-order valence-electron chi connectivity index (χ0n) is 10.6. The average molecular weight is 235 g/mol. The highest BCUT2D eigenvalue weighted by Gasteiger charge is 2.27. The molecule has 1 aliphatic heterocycles. The normalized spacial score (nSPS) is 20.2. The van der Waals surface area contributed by atoms with Crippen LogP contribution in [0.5, 0.6) is 0 Å². The molecule has 17 heavy (non-hydrogen) atoms. The Morgan fingerprint density at radius 2 is 2.18 bits per heavy atom. The minimum absolute atomic E-state index is 0.475. The molecule has 1 aromatic rings. The number of pyridine rings is 1. The lowest BCUT2D eigenvalue weighted by Gasteiger charge is -2.35. The summed E-state index contributed by atoms with van der Waals surface area (Å²) in [5, 5.41) is 13.0. The molecule has 1 aromatic heterocycles. The fraction of sp³-hybridized carbons (Fsp3) is 0.615. The summed E-state index contributed by atoms with van der Waals surface area (Å²) in [7, 11) is 1.90. The molecule has 0 aromatic carbocycles. The van der Waals surface area contributed by atoms with Crippen LogP contribution >= 0.6 is 0 Å². The lowest BCUT2D eigenvalue weighted by Crippen LogP contribution is -2.42. The number of anilines is 1. The van der Waals surface area contributed by atoms with Crippen LogP contribution in [-0.2, 0) is 6.54 Å². The van der Waals surface area contributed by atoms with E-state index in [1.54, 1.807) is 6.20 Å². The van der Waals surface area contributed by atoms with Crippen LogP contribution in [0.4, 0.5) is 5.82 Å². The van der Waals surface area contributed by atoms with Gasteiger partial charge in [-0.2, -0.15) is 0 Å². The van der Waals surface area contributed by atoms with Crippen molar-refractivity contribution in [1.29, 1.82) is 0 Å². The first-order valence-corrected chi connectivity index (χ1v) is 6.17. The molecule has 0 aliphatic carbocycles. The van der Waals surface area contributed by atoms with E-state index in [9.17, 15) is 5.11 Å². The van der Waals surface area contributed by atoms with Crippen LogP contribution in [0, 0.1) is 0 Å². The molecule has 0 unspecified atom stereocenters. The van der Waals surface area contributed by atoms with E-state index in [0.717, 1.165) is 38.3 Å². The maximum Gasteiger partial charge on any atom is 0.130 e. The standard InChI is InChI=1S/C13H21N3O/c1-13(17)5-8-16(9-6-13)10-11-4-3-7-15-12(11)14-2/h3-4,7,17H,5-6,8-10H2,1-2H3,(H,14,15). The van der Waals surface area contributed by atoms with Crippen molar-refractivity contribution < 1.29 is 5.11 Å². The van der Waals surface area contributed by atoms with Crippen molar-refractivity contribution >= 4 is 5.82 Å². The maximum atomic E-state index is 9.91. The fourth-order valence-electron chi connectivity index (χ4n) is 2.23. The van der Waals surface area contributed by atoms with Gasteiger partial charge in [-0.1, -0.05) is 6.07 Å². The van der Waals surface area contributed by atoms with Gasteiger partial charge in [0.15, 0.2) is 0 Å². The SMILES string of the molecule is CNc1ncccc1CN1CCC(C)(O)CC1. The maximum absolute atomic E-state index is 9.91. The first kappa shape index (κ1) is 12.3. The van der Waals surface area contributed by atoms with Gasteiger partial charge < -0.3 is 10.4 Å².